The van der Waals surface area contributed by atoms with E-state index in [1.165, 1.54) is 0 Å². The normalized spacial score (nSPS) is 17.8. The van der Waals surface area contributed by atoms with Crippen LogP contribution in [0.15, 0.2) is 0 Å². The van der Waals surface area contributed by atoms with E-state index >= 15 is 0 Å². The molecule has 20 heavy (non-hydrogen) atoms. The van der Waals surface area contributed by atoms with Gasteiger partial charge in [-0.3, -0.25) is 4.79 Å². The summed E-state index contributed by atoms with van der Waals surface area (Å²) in [5.74, 6) is -0.869. The number of ether oxygens (including phenoxy) is 1. The van der Waals surface area contributed by atoms with Crippen LogP contribution in [0.25, 0.3) is 0 Å². The average Bonchev–Trinajstić information content (AvgIpc) is 2.45. The molecule has 0 atom stereocenters. The predicted octanol–water partition coefficient (Wildman–Crippen LogP) is 0.119. The molecule has 116 valence electrons. The van der Waals surface area contributed by atoms with Crippen LogP contribution < -0.4 is 10.6 Å². The highest BCUT2D eigenvalue weighted by molar-refractivity contribution is 5.78. The standard InChI is InChI=1S/C13H25N3O4/c1-3-16(2)7-6-14-12(19)15-10-13(11(17)18)4-8-20-9-5-13/h3-10H2,1-2H3,(H,17,18)(H2,14,15,19). The van der Waals surface area contributed by atoms with Crippen molar-refractivity contribution in [3.63, 3.8) is 0 Å². The van der Waals surface area contributed by atoms with Gasteiger partial charge >= 0.3 is 12.0 Å². The molecule has 0 radical (unpaired) electrons. The average molecular weight is 287 g/mol. The number of carboxylic acids is 1. The zero-order chi connectivity index (χ0) is 15.0. The third-order valence-corrected chi connectivity index (χ3v) is 3.81. The van der Waals surface area contributed by atoms with Crippen LogP contribution in [-0.4, -0.2) is 68.4 Å². The molecule has 1 saturated heterocycles. The Labute approximate surface area is 119 Å². The molecule has 0 saturated carbocycles. The highest BCUT2D eigenvalue weighted by Gasteiger charge is 2.40. The van der Waals surface area contributed by atoms with Crippen molar-refractivity contribution in [3.05, 3.63) is 0 Å². The summed E-state index contributed by atoms with van der Waals surface area (Å²) in [6.07, 6.45) is 0.863. The van der Waals surface area contributed by atoms with E-state index in [2.05, 4.69) is 15.5 Å². The summed E-state index contributed by atoms with van der Waals surface area (Å²) in [6.45, 7) is 5.27. The zero-order valence-electron chi connectivity index (χ0n) is 12.3. The molecule has 1 aliphatic rings. The maximum atomic E-state index is 11.7. The molecule has 2 amide bonds. The van der Waals surface area contributed by atoms with Crippen molar-refractivity contribution in [1.29, 1.82) is 0 Å². The fourth-order valence-electron chi connectivity index (χ4n) is 2.06. The summed E-state index contributed by atoms with van der Waals surface area (Å²) in [4.78, 5) is 25.1. The molecule has 1 aliphatic heterocycles. The minimum atomic E-state index is -0.893. The van der Waals surface area contributed by atoms with Crippen LogP contribution in [0.4, 0.5) is 4.79 Å². The number of urea groups is 1. The minimum absolute atomic E-state index is 0.140. The lowest BCUT2D eigenvalue weighted by molar-refractivity contribution is -0.154. The number of nitrogens with one attached hydrogen (secondary N) is 2. The fraction of sp³-hybridized carbons (Fsp3) is 0.846. The van der Waals surface area contributed by atoms with Crippen LogP contribution in [0.2, 0.25) is 0 Å². The number of carboxylic acid groups (broad SMARTS) is 1. The first-order valence-electron chi connectivity index (χ1n) is 7.01. The van der Waals surface area contributed by atoms with Crippen molar-refractivity contribution in [2.75, 3.05) is 46.4 Å². The van der Waals surface area contributed by atoms with Crippen molar-refractivity contribution in [1.82, 2.24) is 15.5 Å². The van der Waals surface area contributed by atoms with Crippen molar-refractivity contribution >= 4 is 12.0 Å². The van der Waals surface area contributed by atoms with E-state index in [0.717, 1.165) is 13.1 Å². The van der Waals surface area contributed by atoms with Gasteiger partial charge in [0.05, 0.1) is 5.41 Å². The van der Waals surface area contributed by atoms with Gasteiger partial charge in [-0.1, -0.05) is 6.92 Å². The number of hydrogen-bond acceptors (Lipinski definition) is 4. The second kappa shape index (κ2) is 8.06. The second-order valence-electron chi connectivity index (χ2n) is 5.20. The van der Waals surface area contributed by atoms with Gasteiger partial charge < -0.3 is 25.4 Å². The number of aliphatic carboxylic acids is 1. The van der Waals surface area contributed by atoms with Gasteiger partial charge in [0.2, 0.25) is 0 Å². The van der Waals surface area contributed by atoms with Gasteiger partial charge in [-0.15, -0.1) is 0 Å². The SMILES string of the molecule is CCN(C)CCNC(=O)NCC1(C(=O)O)CCOCC1. The second-order valence-corrected chi connectivity index (χ2v) is 5.20. The van der Waals surface area contributed by atoms with E-state index in [-0.39, 0.29) is 12.6 Å². The molecule has 0 spiro atoms. The van der Waals surface area contributed by atoms with Crippen molar-refractivity contribution in [2.24, 2.45) is 5.41 Å². The van der Waals surface area contributed by atoms with E-state index in [1.54, 1.807) is 0 Å². The highest BCUT2D eigenvalue weighted by atomic mass is 16.5. The van der Waals surface area contributed by atoms with Gasteiger partial charge in [-0.2, -0.15) is 0 Å². The zero-order valence-corrected chi connectivity index (χ0v) is 12.3. The Bertz CT molecular complexity index is 330. The van der Waals surface area contributed by atoms with Gasteiger partial charge in [0.1, 0.15) is 0 Å². The first-order chi connectivity index (χ1) is 9.50. The first-order valence-corrected chi connectivity index (χ1v) is 7.01. The summed E-state index contributed by atoms with van der Waals surface area (Å²) in [7, 11) is 1.97. The third-order valence-electron chi connectivity index (χ3n) is 3.81. The fourth-order valence-corrected chi connectivity index (χ4v) is 2.06. The number of carbonyl (C=O) groups is 2. The monoisotopic (exact) mass is 287 g/mol. The predicted molar refractivity (Wildman–Crippen MR) is 74.7 cm³/mol. The molecule has 0 bridgehead atoms. The summed E-state index contributed by atoms with van der Waals surface area (Å²) in [5.41, 5.74) is -0.893. The van der Waals surface area contributed by atoms with Crippen LogP contribution in [-0.2, 0) is 9.53 Å². The number of rotatable bonds is 7. The van der Waals surface area contributed by atoms with Crippen molar-refractivity contribution < 1.29 is 19.4 Å². The highest BCUT2D eigenvalue weighted by Crippen LogP contribution is 2.29. The minimum Gasteiger partial charge on any atom is -0.481 e. The molecule has 0 aliphatic carbocycles. The molecule has 7 nitrogen and oxygen atoms in total. The smallest absolute Gasteiger partial charge is 0.314 e. The van der Waals surface area contributed by atoms with Crippen molar-refractivity contribution in [2.45, 2.75) is 19.8 Å². The van der Waals surface area contributed by atoms with Gasteiger partial charge in [0, 0.05) is 32.8 Å². The van der Waals surface area contributed by atoms with Crippen LogP contribution in [0.1, 0.15) is 19.8 Å². The van der Waals surface area contributed by atoms with Crippen molar-refractivity contribution in [3.8, 4) is 0 Å². The quantitative estimate of drug-likeness (QED) is 0.618. The van der Waals surface area contributed by atoms with Gasteiger partial charge in [-0.05, 0) is 26.4 Å². The van der Waals surface area contributed by atoms with Gasteiger partial charge in [0.25, 0.3) is 0 Å². The first kappa shape index (κ1) is 16.7. The Kier molecular flexibility index (Phi) is 6.74. The lowest BCUT2D eigenvalue weighted by atomic mass is 9.80. The Morgan fingerprint density at radius 2 is 1.95 bits per heavy atom. The van der Waals surface area contributed by atoms with E-state index in [9.17, 15) is 14.7 Å². The van der Waals surface area contributed by atoms with E-state index in [1.807, 2.05) is 14.0 Å². The lowest BCUT2D eigenvalue weighted by Crippen LogP contribution is -2.49. The van der Waals surface area contributed by atoms with Gasteiger partial charge in [-0.25, -0.2) is 4.79 Å². The molecule has 1 fully saturated rings. The molecule has 0 aromatic rings. The molecular formula is C13H25N3O4. The summed E-state index contributed by atoms with van der Waals surface area (Å²) < 4.78 is 5.19. The molecular weight excluding hydrogens is 262 g/mol. The Balaban J connectivity index is 2.32. The number of carbonyl (C=O) groups excluding carboxylic acids is 1. The summed E-state index contributed by atoms with van der Waals surface area (Å²) >= 11 is 0. The lowest BCUT2D eigenvalue weighted by Gasteiger charge is -2.33. The Hall–Kier alpha value is -1.34. The van der Waals surface area contributed by atoms with E-state index < -0.39 is 11.4 Å². The number of nitrogens with zero attached hydrogens (tertiary/aromatic N) is 1. The molecule has 1 rings (SSSR count). The molecule has 0 aromatic carbocycles. The Morgan fingerprint density at radius 1 is 1.30 bits per heavy atom. The summed E-state index contributed by atoms with van der Waals surface area (Å²) in [5, 5.41) is 14.7. The molecule has 7 heteroatoms. The van der Waals surface area contributed by atoms with E-state index in [0.29, 0.717) is 32.6 Å². The molecule has 1 heterocycles. The maximum absolute atomic E-state index is 11.7. The topological polar surface area (TPSA) is 90.9 Å². The molecule has 3 N–H and O–H groups in total. The number of amides is 2. The number of likely N-dealkylation sites (N-methyl/N-ethyl adjacent to an activating group) is 1. The van der Waals surface area contributed by atoms with Crippen LogP contribution in [0.5, 0.6) is 0 Å². The summed E-state index contributed by atoms with van der Waals surface area (Å²) in [6, 6.07) is -0.318. The Morgan fingerprint density at radius 3 is 2.50 bits per heavy atom. The van der Waals surface area contributed by atoms with Crippen LogP contribution in [0, 0.1) is 5.41 Å². The van der Waals surface area contributed by atoms with Crippen LogP contribution >= 0.6 is 0 Å². The van der Waals surface area contributed by atoms with Crippen LogP contribution in [0.3, 0.4) is 0 Å². The van der Waals surface area contributed by atoms with E-state index in [4.69, 9.17) is 4.74 Å². The number of hydrogen-bond donors (Lipinski definition) is 3. The maximum Gasteiger partial charge on any atom is 0.314 e. The molecule has 0 unspecified atom stereocenters. The third kappa shape index (κ3) is 4.97. The van der Waals surface area contributed by atoms with Gasteiger partial charge in [0.15, 0.2) is 0 Å². The largest absolute Gasteiger partial charge is 0.481 e. The molecule has 0 aromatic heterocycles.